The Morgan fingerprint density at radius 1 is 1.00 bits per heavy atom. The van der Waals surface area contributed by atoms with E-state index in [0.717, 1.165) is 27.7 Å². The minimum Gasteiger partial charge on any atom is -0.350 e. The lowest BCUT2D eigenvalue weighted by atomic mass is 10.0. The third-order valence-corrected chi connectivity index (χ3v) is 4.23. The van der Waals surface area contributed by atoms with Gasteiger partial charge in [0.15, 0.2) is 0 Å². The molecule has 0 saturated heterocycles. The van der Waals surface area contributed by atoms with Gasteiger partial charge >= 0.3 is 0 Å². The van der Waals surface area contributed by atoms with Gasteiger partial charge in [-0.2, -0.15) is 0 Å². The third-order valence-electron chi connectivity index (χ3n) is 4.23. The van der Waals surface area contributed by atoms with Gasteiger partial charge in [0.1, 0.15) is 0 Å². The first-order valence-electron chi connectivity index (χ1n) is 9.29. The summed E-state index contributed by atoms with van der Waals surface area (Å²) < 4.78 is 0. The van der Waals surface area contributed by atoms with E-state index in [1.165, 1.54) is 0 Å². The fourth-order valence-corrected chi connectivity index (χ4v) is 2.95. The van der Waals surface area contributed by atoms with E-state index in [0.29, 0.717) is 5.56 Å². The Bertz CT molecular complexity index is 1020. The maximum Gasteiger partial charge on any atom is 0.252 e. The summed E-state index contributed by atoms with van der Waals surface area (Å²) in [5, 5.41) is 6.32. The van der Waals surface area contributed by atoms with Crippen LogP contribution in [-0.2, 0) is 4.79 Å². The Labute approximate surface area is 165 Å². The summed E-state index contributed by atoms with van der Waals surface area (Å²) in [6, 6.07) is 17.3. The molecule has 0 spiro atoms. The van der Waals surface area contributed by atoms with Crippen LogP contribution in [0, 0.1) is 6.92 Å². The highest BCUT2D eigenvalue weighted by molar-refractivity contribution is 6.08. The molecule has 1 heterocycles. The SMILES string of the molecule is Cc1ccc(-c2cc(C(=O)NCC(=O)NC(C)(C)C)c3ccccc3n2)cc1. The number of nitrogens with zero attached hydrogens (tertiary/aromatic N) is 1. The van der Waals surface area contributed by atoms with E-state index in [1.54, 1.807) is 6.07 Å². The quantitative estimate of drug-likeness (QED) is 0.727. The topological polar surface area (TPSA) is 71.1 Å². The average molecular weight is 375 g/mol. The van der Waals surface area contributed by atoms with Crippen LogP contribution in [0.15, 0.2) is 54.6 Å². The van der Waals surface area contributed by atoms with E-state index >= 15 is 0 Å². The van der Waals surface area contributed by atoms with Crippen LogP contribution in [-0.4, -0.2) is 28.9 Å². The number of nitrogens with one attached hydrogen (secondary N) is 2. The molecule has 0 aliphatic rings. The molecular formula is C23H25N3O2. The first-order chi connectivity index (χ1) is 13.2. The first kappa shape index (κ1) is 19.5. The molecule has 0 bridgehead atoms. The molecule has 0 atom stereocenters. The zero-order chi connectivity index (χ0) is 20.3. The van der Waals surface area contributed by atoms with Crippen molar-refractivity contribution in [3.63, 3.8) is 0 Å². The van der Waals surface area contributed by atoms with E-state index < -0.39 is 0 Å². The van der Waals surface area contributed by atoms with Crippen molar-refractivity contribution < 1.29 is 9.59 Å². The number of amides is 2. The monoisotopic (exact) mass is 375 g/mol. The van der Waals surface area contributed by atoms with Crippen LogP contribution in [0.2, 0.25) is 0 Å². The van der Waals surface area contributed by atoms with Crippen LogP contribution in [0.3, 0.4) is 0 Å². The van der Waals surface area contributed by atoms with E-state index in [2.05, 4.69) is 10.6 Å². The number of benzene rings is 2. The number of aryl methyl sites for hydroxylation is 1. The van der Waals surface area contributed by atoms with Gasteiger partial charge in [0.2, 0.25) is 5.91 Å². The van der Waals surface area contributed by atoms with Crippen molar-refractivity contribution in [3.05, 3.63) is 65.7 Å². The molecule has 5 nitrogen and oxygen atoms in total. The van der Waals surface area contributed by atoms with Crippen molar-refractivity contribution in [1.82, 2.24) is 15.6 Å². The van der Waals surface area contributed by atoms with Crippen molar-refractivity contribution in [2.24, 2.45) is 0 Å². The molecule has 2 N–H and O–H groups in total. The first-order valence-corrected chi connectivity index (χ1v) is 9.29. The van der Waals surface area contributed by atoms with Crippen LogP contribution in [0.1, 0.15) is 36.7 Å². The Kier molecular flexibility index (Phi) is 5.45. The van der Waals surface area contributed by atoms with E-state index in [4.69, 9.17) is 4.98 Å². The van der Waals surface area contributed by atoms with Crippen LogP contribution in [0.5, 0.6) is 0 Å². The molecule has 144 valence electrons. The fourth-order valence-electron chi connectivity index (χ4n) is 2.95. The molecule has 28 heavy (non-hydrogen) atoms. The second kappa shape index (κ2) is 7.80. The number of para-hydroxylation sites is 1. The largest absolute Gasteiger partial charge is 0.350 e. The number of hydrogen-bond acceptors (Lipinski definition) is 3. The van der Waals surface area contributed by atoms with Gasteiger partial charge in [0.05, 0.1) is 23.3 Å². The molecule has 2 amide bonds. The summed E-state index contributed by atoms with van der Waals surface area (Å²) in [6.07, 6.45) is 0. The Morgan fingerprint density at radius 2 is 1.68 bits per heavy atom. The van der Waals surface area contributed by atoms with Gasteiger partial charge in [0.25, 0.3) is 5.91 Å². The van der Waals surface area contributed by atoms with Crippen molar-refractivity contribution in [2.45, 2.75) is 33.2 Å². The second-order valence-corrected chi connectivity index (χ2v) is 7.92. The van der Waals surface area contributed by atoms with Crippen molar-refractivity contribution in [1.29, 1.82) is 0 Å². The summed E-state index contributed by atoms with van der Waals surface area (Å²) >= 11 is 0. The predicted octanol–water partition coefficient (Wildman–Crippen LogP) is 3.85. The molecule has 2 aromatic carbocycles. The third kappa shape index (κ3) is 4.74. The van der Waals surface area contributed by atoms with Crippen LogP contribution in [0.4, 0.5) is 0 Å². The van der Waals surface area contributed by atoms with E-state index in [1.807, 2.05) is 76.2 Å². The highest BCUT2D eigenvalue weighted by Gasteiger charge is 2.17. The standard InChI is InChI=1S/C23H25N3O2/c1-15-9-11-16(12-10-15)20-13-18(17-7-5-6-8-19(17)25-20)22(28)24-14-21(27)26-23(2,3)4/h5-13H,14H2,1-4H3,(H,24,28)(H,26,27). The molecule has 0 aliphatic heterocycles. The number of rotatable bonds is 4. The van der Waals surface area contributed by atoms with Crippen LogP contribution >= 0.6 is 0 Å². The number of hydrogen-bond donors (Lipinski definition) is 2. The predicted molar refractivity (Wildman–Crippen MR) is 112 cm³/mol. The molecule has 0 fully saturated rings. The number of pyridine rings is 1. The summed E-state index contributed by atoms with van der Waals surface area (Å²) in [7, 11) is 0. The molecule has 0 radical (unpaired) electrons. The maximum absolute atomic E-state index is 12.8. The van der Waals surface area contributed by atoms with Gasteiger partial charge in [-0.25, -0.2) is 4.98 Å². The zero-order valence-corrected chi connectivity index (χ0v) is 16.7. The van der Waals surface area contributed by atoms with Gasteiger partial charge in [-0.15, -0.1) is 0 Å². The lowest BCUT2D eigenvalue weighted by molar-refractivity contribution is -0.121. The lowest BCUT2D eigenvalue weighted by Gasteiger charge is -2.20. The van der Waals surface area contributed by atoms with Gasteiger partial charge in [0, 0.05) is 16.5 Å². The summed E-state index contributed by atoms with van der Waals surface area (Å²) in [4.78, 5) is 29.6. The number of carbonyl (C=O) groups excluding carboxylic acids is 2. The summed E-state index contributed by atoms with van der Waals surface area (Å²) in [5.74, 6) is -0.519. The van der Waals surface area contributed by atoms with Gasteiger partial charge in [-0.05, 0) is 39.8 Å². The lowest BCUT2D eigenvalue weighted by Crippen LogP contribution is -2.45. The maximum atomic E-state index is 12.8. The van der Waals surface area contributed by atoms with Gasteiger partial charge in [-0.3, -0.25) is 9.59 Å². The molecule has 0 aliphatic carbocycles. The Hall–Kier alpha value is -3.21. The number of fused-ring (bicyclic) bond motifs is 1. The Balaban J connectivity index is 1.91. The van der Waals surface area contributed by atoms with Crippen LogP contribution < -0.4 is 10.6 Å². The smallest absolute Gasteiger partial charge is 0.252 e. The summed E-state index contributed by atoms with van der Waals surface area (Å²) in [6.45, 7) is 7.65. The minimum absolute atomic E-state index is 0.0768. The minimum atomic E-state index is -0.343. The Morgan fingerprint density at radius 3 is 2.36 bits per heavy atom. The molecule has 3 aromatic rings. The van der Waals surface area contributed by atoms with Gasteiger partial charge in [-0.1, -0.05) is 48.0 Å². The molecule has 1 aromatic heterocycles. The molecule has 3 rings (SSSR count). The highest BCUT2D eigenvalue weighted by atomic mass is 16.2. The zero-order valence-electron chi connectivity index (χ0n) is 16.7. The normalized spacial score (nSPS) is 11.3. The van der Waals surface area contributed by atoms with Crippen molar-refractivity contribution >= 4 is 22.7 Å². The summed E-state index contributed by atoms with van der Waals surface area (Å²) in [5.41, 5.74) is 3.73. The highest BCUT2D eigenvalue weighted by Crippen LogP contribution is 2.25. The van der Waals surface area contributed by atoms with Gasteiger partial charge < -0.3 is 10.6 Å². The average Bonchev–Trinajstić information content (AvgIpc) is 2.64. The van der Waals surface area contributed by atoms with Crippen LogP contribution in [0.25, 0.3) is 22.2 Å². The molecular weight excluding hydrogens is 350 g/mol. The van der Waals surface area contributed by atoms with Crippen molar-refractivity contribution in [2.75, 3.05) is 6.54 Å². The fraction of sp³-hybridized carbons (Fsp3) is 0.261. The molecule has 5 heteroatoms. The second-order valence-electron chi connectivity index (χ2n) is 7.92. The molecule has 0 unspecified atom stereocenters. The number of aromatic nitrogens is 1. The van der Waals surface area contributed by atoms with E-state index in [-0.39, 0.29) is 23.9 Å². The number of carbonyl (C=O) groups is 2. The van der Waals surface area contributed by atoms with Crippen molar-refractivity contribution in [3.8, 4) is 11.3 Å². The van der Waals surface area contributed by atoms with E-state index in [9.17, 15) is 9.59 Å². The molecule has 0 saturated carbocycles.